The lowest BCUT2D eigenvalue weighted by molar-refractivity contribution is 0.0950. The van der Waals surface area contributed by atoms with Crippen LogP contribution in [-0.2, 0) is 6.54 Å². The van der Waals surface area contributed by atoms with Gasteiger partial charge in [-0.3, -0.25) is 4.79 Å². The molecule has 0 saturated carbocycles. The maximum atomic E-state index is 12.1. The molecular formula is C16H16BrNO. The van der Waals surface area contributed by atoms with Crippen molar-refractivity contribution in [2.75, 3.05) is 0 Å². The van der Waals surface area contributed by atoms with Gasteiger partial charge in [-0.1, -0.05) is 45.3 Å². The van der Waals surface area contributed by atoms with Crippen LogP contribution in [-0.4, -0.2) is 5.91 Å². The summed E-state index contributed by atoms with van der Waals surface area (Å²) in [5.74, 6) is -0.0354. The fourth-order valence-electron chi connectivity index (χ4n) is 2.04. The Balaban J connectivity index is 2.05. The molecule has 3 heteroatoms. The van der Waals surface area contributed by atoms with Gasteiger partial charge in [-0.05, 0) is 43.7 Å². The lowest BCUT2D eigenvalue weighted by atomic mass is 10.1. The summed E-state index contributed by atoms with van der Waals surface area (Å²) < 4.78 is 1.02. The second kappa shape index (κ2) is 6.02. The van der Waals surface area contributed by atoms with E-state index in [9.17, 15) is 4.79 Å². The molecule has 0 atom stereocenters. The molecule has 19 heavy (non-hydrogen) atoms. The van der Waals surface area contributed by atoms with E-state index in [0.29, 0.717) is 12.1 Å². The summed E-state index contributed by atoms with van der Waals surface area (Å²) >= 11 is 3.42. The monoisotopic (exact) mass is 317 g/mol. The molecular weight excluding hydrogens is 302 g/mol. The number of aryl methyl sites for hydroxylation is 2. The number of hydrogen-bond acceptors (Lipinski definition) is 1. The number of halogens is 1. The first-order valence-electron chi connectivity index (χ1n) is 6.15. The van der Waals surface area contributed by atoms with Crippen molar-refractivity contribution in [3.8, 4) is 0 Å². The molecule has 0 aromatic heterocycles. The van der Waals surface area contributed by atoms with E-state index in [4.69, 9.17) is 0 Å². The Morgan fingerprint density at radius 1 is 1.11 bits per heavy atom. The van der Waals surface area contributed by atoms with E-state index in [-0.39, 0.29) is 5.91 Å². The van der Waals surface area contributed by atoms with Gasteiger partial charge >= 0.3 is 0 Å². The largest absolute Gasteiger partial charge is 0.348 e. The molecule has 0 saturated heterocycles. The third kappa shape index (κ3) is 3.93. The topological polar surface area (TPSA) is 29.1 Å². The number of hydrogen-bond donors (Lipinski definition) is 1. The molecule has 98 valence electrons. The van der Waals surface area contributed by atoms with Crippen LogP contribution < -0.4 is 5.32 Å². The van der Waals surface area contributed by atoms with Crippen LogP contribution in [0.5, 0.6) is 0 Å². The Labute approximate surface area is 122 Å². The zero-order valence-corrected chi connectivity index (χ0v) is 12.6. The Kier molecular flexibility index (Phi) is 4.38. The number of amides is 1. The van der Waals surface area contributed by atoms with E-state index in [2.05, 4.69) is 27.3 Å². The van der Waals surface area contributed by atoms with Crippen LogP contribution >= 0.6 is 15.9 Å². The Morgan fingerprint density at radius 2 is 1.79 bits per heavy atom. The summed E-state index contributed by atoms with van der Waals surface area (Å²) in [7, 11) is 0. The minimum atomic E-state index is -0.0354. The van der Waals surface area contributed by atoms with Gasteiger partial charge < -0.3 is 5.32 Å². The first-order chi connectivity index (χ1) is 9.04. The normalized spacial score (nSPS) is 10.3. The summed E-state index contributed by atoms with van der Waals surface area (Å²) in [6.45, 7) is 4.53. The van der Waals surface area contributed by atoms with Gasteiger partial charge in [-0.25, -0.2) is 0 Å². The van der Waals surface area contributed by atoms with Crippen LogP contribution in [0.1, 0.15) is 27.0 Å². The maximum absolute atomic E-state index is 12.1. The van der Waals surface area contributed by atoms with E-state index in [1.54, 1.807) is 0 Å². The van der Waals surface area contributed by atoms with Crippen molar-refractivity contribution >= 4 is 21.8 Å². The minimum Gasteiger partial charge on any atom is -0.348 e. The van der Waals surface area contributed by atoms with Crippen LogP contribution in [0, 0.1) is 13.8 Å². The predicted molar refractivity (Wildman–Crippen MR) is 81.2 cm³/mol. The fourth-order valence-corrected chi connectivity index (χ4v) is 2.48. The van der Waals surface area contributed by atoms with Gasteiger partial charge in [0.25, 0.3) is 5.91 Å². The number of benzene rings is 2. The Hall–Kier alpha value is -1.61. The average Bonchev–Trinajstić information content (AvgIpc) is 2.35. The molecule has 2 aromatic carbocycles. The first-order valence-corrected chi connectivity index (χ1v) is 6.95. The zero-order chi connectivity index (χ0) is 13.8. The smallest absolute Gasteiger partial charge is 0.251 e. The van der Waals surface area contributed by atoms with Crippen LogP contribution in [0.4, 0.5) is 0 Å². The molecule has 2 nitrogen and oxygen atoms in total. The molecule has 2 rings (SSSR count). The molecule has 0 heterocycles. The third-order valence-corrected chi connectivity index (χ3v) is 3.32. The highest BCUT2D eigenvalue weighted by Gasteiger charge is 2.06. The molecule has 0 fully saturated rings. The molecule has 1 N–H and O–H groups in total. The van der Waals surface area contributed by atoms with Crippen LogP contribution in [0.15, 0.2) is 46.9 Å². The van der Waals surface area contributed by atoms with Crippen LogP contribution in [0.25, 0.3) is 0 Å². The van der Waals surface area contributed by atoms with Gasteiger partial charge in [0.15, 0.2) is 0 Å². The first kappa shape index (κ1) is 13.8. The molecule has 0 radical (unpaired) electrons. The fraction of sp³-hybridized carbons (Fsp3) is 0.188. The summed E-state index contributed by atoms with van der Waals surface area (Å²) in [5, 5.41) is 2.94. The van der Waals surface area contributed by atoms with Gasteiger partial charge in [-0.2, -0.15) is 0 Å². The highest BCUT2D eigenvalue weighted by Crippen LogP contribution is 2.12. The van der Waals surface area contributed by atoms with Gasteiger partial charge in [0.1, 0.15) is 0 Å². The van der Waals surface area contributed by atoms with Crippen LogP contribution in [0.3, 0.4) is 0 Å². The zero-order valence-electron chi connectivity index (χ0n) is 11.0. The molecule has 2 aromatic rings. The molecule has 0 aliphatic heterocycles. The number of rotatable bonds is 3. The van der Waals surface area contributed by atoms with E-state index in [0.717, 1.165) is 21.2 Å². The van der Waals surface area contributed by atoms with Crippen molar-refractivity contribution in [3.05, 3.63) is 69.2 Å². The van der Waals surface area contributed by atoms with Crippen molar-refractivity contribution in [2.24, 2.45) is 0 Å². The standard InChI is InChI=1S/C16H16BrNO/c1-11-6-12(2)8-14(7-11)16(19)18-10-13-4-3-5-15(17)9-13/h3-9H,10H2,1-2H3,(H,18,19). The summed E-state index contributed by atoms with van der Waals surface area (Å²) in [4.78, 5) is 12.1. The second-order valence-corrected chi connectivity index (χ2v) is 5.60. The number of carbonyl (C=O) groups excluding carboxylic acids is 1. The second-order valence-electron chi connectivity index (χ2n) is 4.69. The molecule has 1 amide bonds. The highest BCUT2D eigenvalue weighted by atomic mass is 79.9. The maximum Gasteiger partial charge on any atom is 0.251 e. The van der Waals surface area contributed by atoms with Crippen molar-refractivity contribution < 1.29 is 4.79 Å². The molecule has 0 spiro atoms. The van der Waals surface area contributed by atoms with Crippen LogP contribution in [0.2, 0.25) is 0 Å². The van der Waals surface area contributed by atoms with E-state index < -0.39 is 0 Å². The summed E-state index contributed by atoms with van der Waals surface area (Å²) in [5.41, 5.74) is 4.00. The highest BCUT2D eigenvalue weighted by molar-refractivity contribution is 9.10. The van der Waals surface area contributed by atoms with Gasteiger partial charge in [-0.15, -0.1) is 0 Å². The lowest BCUT2D eigenvalue weighted by Crippen LogP contribution is -2.22. The van der Waals surface area contributed by atoms with Crippen molar-refractivity contribution in [1.82, 2.24) is 5.32 Å². The quantitative estimate of drug-likeness (QED) is 0.911. The third-order valence-electron chi connectivity index (χ3n) is 2.83. The average molecular weight is 318 g/mol. The Bertz CT molecular complexity index is 587. The van der Waals surface area contributed by atoms with Crippen molar-refractivity contribution in [1.29, 1.82) is 0 Å². The van der Waals surface area contributed by atoms with E-state index in [1.807, 2.05) is 50.2 Å². The van der Waals surface area contributed by atoms with Gasteiger partial charge in [0, 0.05) is 16.6 Å². The molecule has 0 unspecified atom stereocenters. The predicted octanol–water partition coefficient (Wildman–Crippen LogP) is 4.00. The molecule has 0 bridgehead atoms. The summed E-state index contributed by atoms with van der Waals surface area (Å²) in [6, 6.07) is 13.8. The van der Waals surface area contributed by atoms with Gasteiger partial charge in [0.05, 0.1) is 0 Å². The molecule has 0 aliphatic rings. The minimum absolute atomic E-state index is 0.0354. The van der Waals surface area contributed by atoms with Crippen molar-refractivity contribution in [3.63, 3.8) is 0 Å². The number of nitrogens with one attached hydrogen (secondary N) is 1. The summed E-state index contributed by atoms with van der Waals surface area (Å²) in [6.07, 6.45) is 0. The number of carbonyl (C=O) groups is 1. The SMILES string of the molecule is Cc1cc(C)cc(C(=O)NCc2cccc(Br)c2)c1. The lowest BCUT2D eigenvalue weighted by Gasteiger charge is -2.07. The van der Waals surface area contributed by atoms with Crippen molar-refractivity contribution in [2.45, 2.75) is 20.4 Å². The Morgan fingerprint density at radius 3 is 2.42 bits per heavy atom. The van der Waals surface area contributed by atoms with E-state index in [1.165, 1.54) is 0 Å². The molecule has 0 aliphatic carbocycles. The van der Waals surface area contributed by atoms with E-state index >= 15 is 0 Å². The van der Waals surface area contributed by atoms with Gasteiger partial charge in [0.2, 0.25) is 0 Å².